The van der Waals surface area contributed by atoms with Crippen LogP contribution in [0.3, 0.4) is 0 Å². The van der Waals surface area contributed by atoms with Gasteiger partial charge in [0.25, 0.3) is 0 Å². The van der Waals surface area contributed by atoms with Crippen LogP contribution in [-0.2, 0) is 6.54 Å². The van der Waals surface area contributed by atoms with Crippen LogP contribution >= 0.6 is 0 Å². The van der Waals surface area contributed by atoms with E-state index in [-0.39, 0.29) is 6.10 Å². The third kappa shape index (κ3) is 4.22. The van der Waals surface area contributed by atoms with E-state index in [9.17, 15) is 0 Å². The third-order valence-electron chi connectivity index (χ3n) is 4.05. The highest BCUT2D eigenvalue weighted by molar-refractivity contribution is 5.27. The fourth-order valence-electron chi connectivity index (χ4n) is 2.93. The van der Waals surface area contributed by atoms with Gasteiger partial charge in [-0.3, -0.25) is 4.90 Å². The fraction of sp³-hybridized carbons (Fsp3) is 0.647. The molecule has 1 aliphatic rings. The van der Waals surface area contributed by atoms with Gasteiger partial charge in [0.15, 0.2) is 0 Å². The molecule has 0 bridgehead atoms. The molecule has 0 amide bonds. The first-order valence-electron chi connectivity index (χ1n) is 7.78. The number of nitrogens with zero attached hydrogens (tertiary/aromatic N) is 1. The number of hydrogen-bond donors (Lipinski definition) is 1. The highest BCUT2D eigenvalue weighted by atomic mass is 16.5. The SMILES string of the molecule is CC1CCN(Cc2ccc(OC(C)C)cc2)C(CN)C1. The lowest BCUT2D eigenvalue weighted by atomic mass is 9.92. The topological polar surface area (TPSA) is 38.5 Å². The van der Waals surface area contributed by atoms with Crippen molar-refractivity contribution in [1.82, 2.24) is 4.90 Å². The first-order chi connectivity index (χ1) is 9.58. The minimum atomic E-state index is 0.228. The van der Waals surface area contributed by atoms with Gasteiger partial charge in [-0.05, 0) is 56.8 Å². The van der Waals surface area contributed by atoms with Gasteiger partial charge >= 0.3 is 0 Å². The van der Waals surface area contributed by atoms with Crippen molar-refractivity contribution in [2.24, 2.45) is 11.7 Å². The average Bonchev–Trinajstić information content (AvgIpc) is 2.42. The lowest BCUT2D eigenvalue weighted by molar-refractivity contribution is 0.115. The Morgan fingerprint density at radius 1 is 1.30 bits per heavy atom. The van der Waals surface area contributed by atoms with Crippen molar-refractivity contribution in [2.75, 3.05) is 13.1 Å². The van der Waals surface area contributed by atoms with Gasteiger partial charge in [-0.15, -0.1) is 0 Å². The van der Waals surface area contributed by atoms with Gasteiger partial charge in [0, 0.05) is 19.1 Å². The minimum absolute atomic E-state index is 0.228. The zero-order chi connectivity index (χ0) is 14.5. The number of rotatable bonds is 5. The number of hydrogen-bond acceptors (Lipinski definition) is 3. The summed E-state index contributed by atoms with van der Waals surface area (Å²) in [5.74, 6) is 1.76. The summed E-state index contributed by atoms with van der Waals surface area (Å²) in [5.41, 5.74) is 7.27. The largest absolute Gasteiger partial charge is 0.491 e. The predicted octanol–water partition coefficient (Wildman–Crippen LogP) is 3.03. The van der Waals surface area contributed by atoms with Gasteiger partial charge < -0.3 is 10.5 Å². The first kappa shape index (κ1) is 15.3. The molecule has 3 nitrogen and oxygen atoms in total. The van der Waals surface area contributed by atoms with E-state index in [2.05, 4.69) is 49.9 Å². The molecule has 0 radical (unpaired) electrons. The summed E-state index contributed by atoms with van der Waals surface area (Å²) in [4.78, 5) is 2.53. The van der Waals surface area contributed by atoms with Crippen molar-refractivity contribution >= 4 is 0 Å². The molecule has 0 aliphatic carbocycles. The van der Waals surface area contributed by atoms with E-state index in [1.165, 1.54) is 18.4 Å². The van der Waals surface area contributed by atoms with Gasteiger partial charge in [-0.1, -0.05) is 19.1 Å². The number of benzene rings is 1. The number of piperidine rings is 1. The summed E-state index contributed by atoms with van der Waals surface area (Å²) >= 11 is 0. The van der Waals surface area contributed by atoms with E-state index in [0.717, 1.165) is 31.3 Å². The standard InChI is InChI=1S/C17H28N2O/c1-13(2)20-17-6-4-15(5-7-17)12-19-9-8-14(3)10-16(19)11-18/h4-7,13-14,16H,8-12,18H2,1-3H3. The summed E-state index contributed by atoms with van der Waals surface area (Å²) in [6.07, 6.45) is 2.74. The molecule has 3 heteroatoms. The quantitative estimate of drug-likeness (QED) is 0.898. The molecule has 1 aliphatic heterocycles. The van der Waals surface area contributed by atoms with Gasteiger partial charge in [0.05, 0.1) is 6.10 Å². The lowest BCUT2D eigenvalue weighted by Crippen LogP contribution is -2.45. The van der Waals surface area contributed by atoms with E-state index < -0.39 is 0 Å². The smallest absolute Gasteiger partial charge is 0.119 e. The minimum Gasteiger partial charge on any atom is -0.491 e. The van der Waals surface area contributed by atoms with Crippen molar-refractivity contribution in [1.29, 1.82) is 0 Å². The number of nitrogens with two attached hydrogens (primary N) is 1. The zero-order valence-electron chi connectivity index (χ0n) is 13.0. The molecule has 20 heavy (non-hydrogen) atoms. The van der Waals surface area contributed by atoms with Crippen LogP contribution in [0.5, 0.6) is 5.75 Å². The maximum absolute atomic E-state index is 5.93. The van der Waals surface area contributed by atoms with Crippen molar-refractivity contribution in [3.8, 4) is 5.75 Å². The molecule has 2 atom stereocenters. The van der Waals surface area contributed by atoms with Crippen molar-refractivity contribution < 1.29 is 4.74 Å². The molecule has 1 fully saturated rings. The van der Waals surface area contributed by atoms with E-state index in [4.69, 9.17) is 10.5 Å². The molecule has 2 unspecified atom stereocenters. The Balaban J connectivity index is 1.95. The maximum atomic E-state index is 5.93. The molecule has 2 rings (SSSR count). The molecule has 2 N–H and O–H groups in total. The summed E-state index contributed by atoms with van der Waals surface area (Å²) in [6, 6.07) is 9.01. The fourth-order valence-corrected chi connectivity index (χ4v) is 2.93. The van der Waals surface area contributed by atoms with Crippen molar-refractivity contribution in [3.05, 3.63) is 29.8 Å². The van der Waals surface area contributed by atoms with Gasteiger partial charge in [0.2, 0.25) is 0 Å². The molecular formula is C17H28N2O. The highest BCUT2D eigenvalue weighted by Crippen LogP contribution is 2.24. The van der Waals surface area contributed by atoms with Gasteiger partial charge in [0.1, 0.15) is 5.75 Å². The zero-order valence-corrected chi connectivity index (χ0v) is 13.0. The second-order valence-electron chi connectivity index (χ2n) is 6.30. The van der Waals surface area contributed by atoms with Crippen LogP contribution in [0.2, 0.25) is 0 Å². The van der Waals surface area contributed by atoms with Crippen LogP contribution in [0.1, 0.15) is 39.2 Å². The maximum Gasteiger partial charge on any atom is 0.119 e. The molecule has 1 heterocycles. The Morgan fingerprint density at radius 2 is 2.00 bits per heavy atom. The molecule has 1 saturated heterocycles. The van der Waals surface area contributed by atoms with Crippen LogP contribution in [0.15, 0.2) is 24.3 Å². The van der Waals surface area contributed by atoms with Crippen LogP contribution < -0.4 is 10.5 Å². The van der Waals surface area contributed by atoms with E-state index >= 15 is 0 Å². The Labute approximate surface area is 123 Å². The van der Waals surface area contributed by atoms with Gasteiger partial charge in [-0.2, -0.15) is 0 Å². The lowest BCUT2D eigenvalue weighted by Gasteiger charge is -2.38. The molecule has 1 aromatic rings. The highest BCUT2D eigenvalue weighted by Gasteiger charge is 2.24. The first-order valence-corrected chi connectivity index (χ1v) is 7.78. The third-order valence-corrected chi connectivity index (χ3v) is 4.05. The average molecular weight is 276 g/mol. The summed E-state index contributed by atoms with van der Waals surface area (Å²) < 4.78 is 5.68. The summed E-state index contributed by atoms with van der Waals surface area (Å²) in [5, 5.41) is 0. The Bertz CT molecular complexity index is 402. The Hall–Kier alpha value is -1.06. The Kier molecular flexibility index (Phi) is 5.44. The van der Waals surface area contributed by atoms with Crippen LogP contribution in [0, 0.1) is 5.92 Å². The summed E-state index contributed by atoms with van der Waals surface area (Å²) in [6.45, 7) is 9.35. The van der Waals surface area contributed by atoms with E-state index in [0.29, 0.717) is 6.04 Å². The van der Waals surface area contributed by atoms with Crippen LogP contribution in [0.4, 0.5) is 0 Å². The van der Waals surface area contributed by atoms with Crippen molar-refractivity contribution in [2.45, 2.75) is 52.3 Å². The van der Waals surface area contributed by atoms with Crippen LogP contribution in [0.25, 0.3) is 0 Å². The molecular weight excluding hydrogens is 248 g/mol. The molecule has 0 spiro atoms. The normalized spacial score (nSPS) is 24.1. The molecule has 1 aromatic carbocycles. The molecule has 112 valence electrons. The summed E-state index contributed by atoms with van der Waals surface area (Å²) in [7, 11) is 0. The monoisotopic (exact) mass is 276 g/mol. The second-order valence-corrected chi connectivity index (χ2v) is 6.30. The molecule has 0 saturated carbocycles. The van der Waals surface area contributed by atoms with Crippen LogP contribution in [-0.4, -0.2) is 30.1 Å². The Morgan fingerprint density at radius 3 is 2.60 bits per heavy atom. The number of ether oxygens (including phenoxy) is 1. The van der Waals surface area contributed by atoms with E-state index in [1.807, 2.05) is 0 Å². The van der Waals surface area contributed by atoms with E-state index in [1.54, 1.807) is 0 Å². The van der Waals surface area contributed by atoms with Crippen molar-refractivity contribution in [3.63, 3.8) is 0 Å². The predicted molar refractivity (Wildman–Crippen MR) is 83.9 cm³/mol. The molecule has 0 aromatic heterocycles. The number of likely N-dealkylation sites (tertiary alicyclic amines) is 1. The second kappa shape index (κ2) is 7.09. The van der Waals surface area contributed by atoms with Gasteiger partial charge in [-0.25, -0.2) is 0 Å².